The Bertz CT molecular complexity index is 862. The van der Waals surface area contributed by atoms with Gasteiger partial charge < -0.3 is 20.4 Å². The van der Waals surface area contributed by atoms with Crippen molar-refractivity contribution >= 4 is 0 Å². The molecule has 5 aliphatic carbocycles. The average Bonchev–Trinajstić information content (AvgIpc) is 3.44. The molecule has 0 amide bonds. The van der Waals surface area contributed by atoms with Crippen LogP contribution in [-0.4, -0.2) is 34.6 Å². The largest absolute Gasteiger partial charge is 0.508 e. The smallest absolute Gasteiger partial charge is 0.115 e. The summed E-state index contributed by atoms with van der Waals surface area (Å²) in [7, 11) is 2.00. The van der Waals surface area contributed by atoms with Gasteiger partial charge >= 0.3 is 0 Å². The third-order valence-electron chi connectivity index (χ3n) is 16.5. The molecule has 0 atom stereocenters. The summed E-state index contributed by atoms with van der Waals surface area (Å²) in [5, 5.41) is 31.3. The Hall–Kier alpha value is -2.04. The minimum Gasteiger partial charge on any atom is -0.508 e. The van der Waals surface area contributed by atoms with Gasteiger partial charge in [-0.15, -0.1) is 0 Å². The van der Waals surface area contributed by atoms with E-state index in [0.29, 0.717) is 11.5 Å². The number of phenols is 2. The summed E-state index contributed by atoms with van der Waals surface area (Å²) < 4.78 is 0. The van der Waals surface area contributed by atoms with E-state index in [4.69, 9.17) is 20.4 Å². The predicted octanol–water partition coefficient (Wildman–Crippen LogP) is 25.4. The topological polar surface area (TPSA) is 80.9 Å². The molecular weight excluding hydrogens is 953 g/mol. The number of para-hydroxylation sites is 2. The first-order valence-electron chi connectivity index (χ1n) is 35.2. The van der Waals surface area contributed by atoms with E-state index in [1.54, 1.807) is 48.5 Å². The second kappa shape index (κ2) is 75.0. The Labute approximate surface area is 489 Å². The van der Waals surface area contributed by atoms with Crippen LogP contribution < -0.4 is 0 Å². The molecule has 78 heavy (non-hydrogen) atoms. The van der Waals surface area contributed by atoms with Crippen molar-refractivity contribution < 1.29 is 20.4 Å². The number of aliphatic hydroxyl groups is 2. The van der Waals surface area contributed by atoms with Crippen LogP contribution in [0.1, 0.15) is 385 Å². The van der Waals surface area contributed by atoms with E-state index in [1.807, 2.05) is 12.1 Å². The molecule has 4 N–H and O–H groups in total. The molecule has 4 nitrogen and oxygen atoms in total. The fourth-order valence-electron chi connectivity index (χ4n) is 11.5. The summed E-state index contributed by atoms with van der Waals surface area (Å²) in [6.45, 7) is 0. The van der Waals surface area contributed by atoms with Gasteiger partial charge in [-0.2, -0.15) is 0 Å². The number of aliphatic hydroxyl groups excluding tert-OH is 2. The molecule has 0 aliphatic heterocycles. The molecule has 0 heterocycles. The van der Waals surface area contributed by atoms with E-state index < -0.39 is 0 Å². The zero-order valence-corrected chi connectivity index (χ0v) is 53.0. The van der Waals surface area contributed by atoms with E-state index in [1.165, 1.54) is 385 Å². The number of benzene rings is 2. The van der Waals surface area contributed by atoms with Gasteiger partial charge in [-0.25, -0.2) is 0 Å². The van der Waals surface area contributed by atoms with E-state index in [2.05, 4.69) is 0 Å². The lowest BCUT2D eigenvalue weighted by atomic mass is 10.0. The molecular formula is C74H140O4. The summed E-state index contributed by atoms with van der Waals surface area (Å²) >= 11 is 0. The highest BCUT2D eigenvalue weighted by Gasteiger charge is 2.01. The standard InChI is InChI=1S/5C12H24.2C6H6O.2CH4O/c5*1-2-4-6-8-10-12-11-9-7-5-3-1;2*7-6-4-2-1-3-5-6;2*1-2/h5*1-12H2;2*1-5,7H;2*2H,1H3. The van der Waals surface area contributed by atoms with Crippen molar-refractivity contribution in [2.75, 3.05) is 14.2 Å². The minimum atomic E-state index is 0.322. The van der Waals surface area contributed by atoms with Gasteiger partial charge in [0.2, 0.25) is 0 Å². The van der Waals surface area contributed by atoms with Gasteiger partial charge in [0.25, 0.3) is 0 Å². The number of hydrogen-bond donors (Lipinski definition) is 4. The fourth-order valence-corrected chi connectivity index (χ4v) is 11.5. The van der Waals surface area contributed by atoms with Crippen LogP contribution in [-0.2, 0) is 0 Å². The molecule has 2 aromatic rings. The first-order valence-corrected chi connectivity index (χ1v) is 35.2. The van der Waals surface area contributed by atoms with Gasteiger partial charge in [-0.1, -0.05) is 422 Å². The van der Waals surface area contributed by atoms with Gasteiger partial charge in [-0.3, -0.25) is 0 Å². The van der Waals surface area contributed by atoms with Crippen LogP contribution in [0.25, 0.3) is 0 Å². The van der Waals surface area contributed by atoms with Crippen molar-refractivity contribution in [2.24, 2.45) is 0 Å². The Morgan fingerprint density at radius 1 is 0.141 bits per heavy atom. The Morgan fingerprint density at radius 3 is 0.244 bits per heavy atom. The summed E-state index contributed by atoms with van der Waals surface area (Å²) in [6, 6.07) is 17.4. The highest BCUT2D eigenvalue weighted by molar-refractivity contribution is 5.19. The third kappa shape index (κ3) is 72.0. The Balaban J connectivity index is 0. The number of phenolic OH excluding ortho intramolecular Hbond substituents is 2. The van der Waals surface area contributed by atoms with Crippen molar-refractivity contribution in [3.05, 3.63) is 60.7 Å². The fraction of sp³-hybridized carbons (Fsp3) is 0.838. The molecule has 5 fully saturated rings. The van der Waals surface area contributed by atoms with Crippen molar-refractivity contribution in [3.8, 4) is 11.5 Å². The Morgan fingerprint density at radius 2 is 0.205 bits per heavy atom. The van der Waals surface area contributed by atoms with E-state index >= 15 is 0 Å². The van der Waals surface area contributed by atoms with E-state index in [9.17, 15) is 0 Å². The molecule has 7 rings (SSSR count). The molecule has 5 saturated carbocycles. The van der Waals surface area contributed by atoms with Crippen LogP contribution in [0.3, 0.4) is 0 Å². The van der Waals surface area contributed by atoms with Gasteiger partial charge in [0, 0.05) is 14.2 Å². The molecule has 0 bridgehead atoms. The number of rotatable bonds is 0. The first kappa shape index (κ1) is 78.0. The molecule has 0 spiro atoms. The molecule has 5 aliphatic rings. The lowest BCUT2D eigenvalue weighted by Gasteiger charge is -2.05. The van der Waals surface area contributed by atoms with Crippen LogP contribution in [0.2, 0.25) is 0 Å². The van der Waals surface area contributed by atoms with Crippen LogP contribution >= 0.6 is 0 Å². The van der Waals surface area contributed by atoms with Crippen molar-refractivity contribution in [2.45, 2.75) is 385 Å². The highest BCUT2D eigenvalue weighted by atomic mass is 16.3. The molecule has 0 unspecified atom stereocenters. The average molecular weight is 1090 g/mol. The minimum absolute atomic E-state index is 0.322. The molecule has 2 aromatic carbocycles. The maximum absolute atomic E-state index is 8.63. The monoisotopic (exact) mass is 1090 g/mol. The van der Waals surface area contributed by atoms with Gasteiger partial charge in [0.1, 0.15) is 11.5 Å². The first-order chi connectivity index (χ1) is 38.8. The van der Waals surface area contributed by atoms with E-state index in [0.717, 1.165) is 14.2 Å². The summed E-state index contributed by atoms with van der Waals surface area (Å²) in [5.74, 6) is 0.644. The van der Waals surface area contributed by atoms with Crippen molar-refractivity contribution in [1.82, 2.24) is 0 Å². The van der Waals surface area contributed by atoms with Crippen LogP contribution in [0.5, 0.6) is 11.5 Å². The van der Waals surface area contributed by atoms with Crippen LogP contribution in [0, 0.1) is 0 Å². The molecule has 0 saturated heterocycles. The lowest BCUT2D eigenvalue weighted by Crippen LogP contribution is -1.85. The summed E-state index contributed by atoms with van der Waals surface area (Å²) in [6.07, 6.45) is 90.0. The zero-order valence-electron chi connectivity index (χ0n) is 53.0. The van der Waals surface area contributed by atoms with E-state index in [-0.39, 0.29) is 0 Å². The van der Waals surface area contributed by atoms with Gasteiger partial charge in [0.05, 0.1) is 0 Å². The van der Waals surface area contributed by atoms with Crippen molar-refractivity contribution in [3.63, 3.8) is 0 Å². The molecule has 460 valence electrons. The van der Waals surface area contributed by atoms with Gasteiger partial charge in [0.15, 0.2) is 0 Å². The summed E-state index contributed by atoms with van der Waals surface area (Å²) in [4.78, 5) is 0. The number of aromatic hydroxyl groups is 2. The summed E-state index contributed by atoms with van der Waals surface area (Å²) in [5.41, 5.74) is 0. The third-order valence-corrected chi connectivity index (χ3v) is 16.5. The lowest BCUT2D eigenvalue weighted by molar-refractivity contribution is 0.399. The maximum atomic E-state index is 8.63. The second-order valence-corrected chi connectivity index (χ2v) is 23.9. The SMILES string of the molecule is C1CCCCCCCCCCC1.C1CCCCCCCCCCC1.C1CCCCCCCCCCC1.C1CCCCCCCCCCC1.C1CCCCCCCCCCC1.CO.CO.Oc1ccccc1.Oc1ccccc1. The molecule has 0 radical (unpaired) electrons. The number of hydrogen-bond acceptors (Lipinski definition) is 4. The molecule has 4 heteroatoms. The molecule has 0 aromatic heterocycles. The van der Waals surface area contributed by atoms with Gasteiger partial charge in [-0.05, 0) is 24.3 Å². The highest BCUT2D eigenvalue weighted by Crippen LogP contribution is 2.21. The maximum Gasteiger partial charge on any atom is 0.115 e. The van der Waals surface area contributed by atoms with Crippen LogP contribution in [0.15, 0.2) is 60.7 Å². The quantitative estimate of drug-likeness (QED) is 0.212. The van der Waals surface area contributed by atoms with Crippen molar-refractivity contribution in [1.29, 1.82) is 0 Å². The second-order valence-electron chi connectivity index (χ2n) is 23.9. The van der Waals surface area contributed by atoms with Crippen LogP contribution in [0.4, 0.5) is 0 Å². The zero-order chi connectivity index (χ0) is 56.7. The normalized spacial score (nSPS) is 20.2. The predicted molar refractivity (Wildman–Crippen MR) is 350 cm³/mol. The Kier molecular flexibility index (Phi) is 75.0.